The number of benzene rings is 2. The average molecular weight is 380 g/mol. The van der Waals surface area contributed by atoms with Crippen LogP contribution in [0.25, 0.3) is 0 Å². The molecule has 0 saturated heterocycles. The van der Waals surface area contributed by atoms with Crippen molar-refractivity contribution in [2.24, 2.45) is 0 Å². The van der Waals surface area contributed by atoms with Crippen molar-refractivity contribution >= 4 is 5.97 Å². The van der Waals surface area contributed by atoms with Crippen molar-refractivity contribution in [3.05, 3.63) is 60.2 Å². The van der Waals surface area contributed by atoms with Crippen LogP contribution in [0.1, 0.15) is 70.0 Å². The fourth-order valence-electron chi connectivity index (χ4n) is 2.95. The lowest BCUT2D eigenvalue weighted by molar-refractivity contribution is -0.147. The third-order valence-electron chi connectivity index (χ3n) is 4.49. The standard InChI is InChI=1S/C24H29NO3/c1-2-3-4-5-6-7-11-17-24(26)28-23(19-25)20-13-12-16-22(18-20)27-21-14-9-8-10-15-21/h8-10,12-16,18,23H,2-7,11,17H2,1H3. The Morgan fingerprint density at radius 2 is 1.61 bits per heavy atom. The van der Waals surface area contributed by atoms with E-state index in [4.69, 9.17) is 9.47 Å². The number of para-hydroxylation sites is 1. The molecule has 0 bridgehead atoms. The zero-order valence-electron chi connectivity index (χ0n) is 16.6. The summed E-state index contributed by atoms with van der Waals surface area (Å²) >= 11 is 0. The summed E-state index contributed by atoms with van der Waals surface area (Å²) in [4.78, 5) is 12.1. The summed E-state index contributed by atoms with van der Waals surface area (Å²) in [6.45, 7) is 2.20. The highest BCUT2D eigenvalue weighted by Gasteiger charge is 2.16. The highest BCUT2D eigenvalue weighted by Crippen LogP contribution is 2.26. The van der Waals surface area contributed by atoms with Crippen molar-refractivity contribution in [1.82, 2.24) is 0 Å². The van der Waals surface area contributed by atoms with Crippen molar-refractivity contribution in [1.29, 1.82) is 5.26 Å². The van der Waals surface area contributed by atoms with Crippen LogP contribution in [0.5, 0.6) is 11.5 Å². The first-order chi connectivity index (χ1) is 13.7. The highest BCUT2D eigenvalue weighted by atomic mass is 16.5. The van der Waals surface area contributed by atoms with Crippen LogP contribution < -0.4 is 4.74 Å². The molecule has 0 aromatic heterocycles. The van der Waals surface area contributed by atoms with E-state index < -0.39 is 6.10 Å². The maximum atomic E-state index is 12.1. The zero-order chi connectivity index (χ0) is 20.0. The maximum absolute atomic E-state index is 12.1. The monoisotopic (exact) mass is 379 g/mol. The molecule has 4 nitrogen and oxygen atoms in total. The molecule has 0 amide bonds. The fourth-order valence-corrected chi connectivity index (χ4v) is 2.95. The van der Waals surface area contributed by atoms with Crippen LogP contribution in [-0.4, -0.2) is 5.97 Å². The van der Waals surface area contributed by atoms with Crippen LogP contribution in [0, 0.1) is 11.3 Å². The van der Waals surface area contributed by atoms with E-state index in [9.17, 15) is 10.1 Å². The van der Waals surface area contributed by atoms with E-state index in [2.05, 4.69) is 13.0 Å². The first-order valence-electron chi connectivity index (χ1n) is 10.1. The predicted molar refractivity (Wildman–Crippen MR) is 110 cm³/mol. The van der Waals surface area contributed by atoms with Gasteiger partial charge in [0.15, 0.2) is 0 Å². The minimum atomic E-state index is -0.920. The van der Waals surface area contributed by atoms with Crippen molar-refractivity contribution in [2.45, 2.75) is 64.4 Å². The number of carbonyl (C=O) groups excluding carboxylic acids is 1. The predicted octanol–water partition coefficient (Wildman–Crippen LogP) is 6.73. The minimum Gasteiger partial charge on any atom is -0.457 e. The molecule has 2 aromatic rings. The van der Waals surface area contributed by atoms with Crippen molar-refractivity contribution in [3.63, 3.8) is 0 Å². The molecule has 0 spiro atoms. The average Bonchev–Trinajstić information content (AvgIpc) is 2.72. The molecule has 0 saturated carbocycles. The normalized spacial score (nSPS) is 11.4. The summed E-state index contributed by atoms with van der Waals surface area (Å²) in [5, 5.41) is 9.43. The minimum absolute atomic E-state index is 0.325. The summed E-state index contributed by atoms with van der Waals surface area (Å²) in [7, 11) is 0. The third-order valence-corrected chi connectivity index (χ3v) is 4.49. The number of hydrogen-bond acceptors (Lipinski definition) is 4. The SMILES string of the molecule is CCCCCCCCCC(=O)OC(C#N)c1cccc(Oc2ccccc2)c1. The van der Waals surface area contributed by atoms with E-state index in [-0.39, 0.29) is 5.97 Å². The Morgan fingerprint density at radius 3 is 2.32 bits per heavy atom. The van der Waals surface area contributed by atoms with Gasteiger partial charge in [0.1, 0.15) is 17.6 Å². The lowest BCUT2D eigenvalue weighted by Crippen LogP contribution is -2.10. The van der Waals surface area contributed by atoms with Crippen molar-refractivity contribution in [3.8, 4) is 17.6 Å². The second kappa shape index (κ2) is 12.6. The Hall–Kier alpha value is -2.80. The molecule has 4 heteroatoms. The maximum Gasteiger partial charge on any atom is 0.307 e. The second-order valence-corrected chi connectivity index (χ2v) is 6.86. The summed E-state index contributed by atoms with van der Waals surface area (Å²) in [6, 6.07) is 18.6. The number of nitrogens with zero attached hydrogens (tertiary/aromatic N) is 1. The number of ether oxygens (including phenoxy) is 2. The highest BCUT2D eigenvalue weighted by molar-refractivity contribution is 5.70. The Bertz CT molecular complexity index is 752. The zero-order valence-corrected chi connectivity index (χ0v) is 16.6. The van der Waals surface area contributed by atoms with Gasteiger partial charge in [-0.15, -0.1) is 0 Å². The van der Waals surface area contributed by atoms with Gasteiger partial charge in [0.2, 0.25) is 6.10 Å². The molecule has 148 valence electrons. The molecule has 0 aliphatic heterocycles. The summed E-state index contributed by atoms with van der Waals surface area (Å²) in [5.74, 6) is 0.991. The molecule has 0 aliphatic carbocycles. The molecule has 0 radical (unpaired) electrons. The Kier molecular flexibility index (Phi) is 9.65. The van der Waals surface area contributed by atoms with Crippen molar-refractivity contribution < 1.29 is 14.3 Å². The van der Waals surface area contributed by atoms with Crippen LogP contribution in [0.4, 0.5) is 0 Å². The molecule has 0 N–H and O–H groups in total. The molecule has 28 heavy (non-hydrogen) atoms. The topological polar surface area (TPSA) is 59.3 Å². The Balaban J connectivity index is 1.81. The lowest BCUT2D eigenvalue weighted by Gasteiger charge is -2.13. The molecule has 0 aliphatic rings. The van der Waals surface area contributed by atoms with Gasteiger partial charge in [-0.05, 0) is 30.7 Å². The lowest BCUT2D eigenvalue weighted by atomic mass is 10.1. The largest absolute Gasteiger partial charge is 0.457 e. The smallest absolute Gasteiger partial charge is 0.307 e. The van der Waals surface area contributed by atoms with Crippen LogP contribution in [-0.2, 0) is 9.53 Å². The van der Waals surface area contributed by atoms with E-state index in [0.717, 1.165) is 19.3 Å². The van der Waals surface area contributed by atoms with Gasteiger partial charge in [-0.1, -0.05) is 75.8 Å². The molecule has 0 heterocycles. The van der Waals surface area contributed by atoms with Gasteiger partial charge in [0, 0.05) is 12.0 Å². The van der Waals surface area contributed by atoms with Crippen molar-refractivity contribution in [2.75, 3.05) is 0 Å². The third kappa shape index (κ3) is 7.84. The molecule has 1 unspecified atom stereocenters. The van der Waals surface area contributed by atoms with E-state index >= 15 is 0 Å². The van der Waals surface area contributed by atoms with E-state index in [1.54, 1.807) is 18.2 Å². The van der Waals surface area contributed by atoms with Crippen LogP contribution >= 0.6 is 0 Å². The van der Waals surface area contributed by atoms with Crippen LogP contribution in [0.15, 0.2) is 54.6 Å². The van der Waals surface area contributed by atoms with E-state index in [1.165, 1.54) is 25.7 Å². The van der Waals surface area contributed by atoms with Crippen LogP contribution in [0.2, 0.25) is 0 Å². The van der Waals surface area contributed by atoms with Gasteiger partial charge in [0.05, 0.1) is 0 Å². The number of unbranched alkanes of at least 4 members (excludes halogenated alkanes) is 6. The number of nitriles is 1. The van der Waals surface area contributed by atoms with Gasteiger partial charge in [-0.2, -0.15) is 5.26 Å². The van der Waals surface area contributed by atoms with Gasteiger partial charge >= 0.3 is 5.97 Å². The number of rotatable bonds is 12. The van der Waals surface area contributed by atoms with Gasteiger partial charge in [0.25, 0.3) is 0 Å². The number of esters is 1. The van der Waals surface area contributed by atoms with Crippen LogP contribution in [0.3, 0.4) is 0 Å². The van der Waals surface area contributed by atoms with Gasteiger partial charge < -0.3 is 9.47 Å². The molecule has 0 fully saturated rings. The summed E-state index contributed by atoms with van der Waals surface area (Å²) in [5.41, 5.74) is 0.615. The molecular formula is C24H29NO3. The first-order valence-corrected chi connectivity index (χ1v) is 10.1. The molecule has 2 rings (SSSR count). The Morgan fingerprint density at radius 1 is 0.929 bits per heavy atom. The summed E-state index contributed by atoms with van der Waals surface area (Å²) in [6.07, 6.45) is 7.41. The second-order valence-electron chi connectivity index (χ2n) is 6.86. The Labute approximate surface area is 168 Å². The summed E-state index contributed by atoms with van der Waals surface area (Å²) < 4.78 is 11.2. The number of hydrogen-bond donors (Lipinski definition) is 0. The number of carbonyl (C=O) groups is 1. The molecule has 2 aromatic carbocycles. The quantitative estimate of drug-likeness (QED) is 0.303. The fraction of sp³-hybridized carbons (Fsp3) is 0.417. The van der Waals surface area contributed by atoms with Gasteiger partial charge in [-0.25, -0.2) is 0 Å². The van der Waals surface area contributed by atoms with E-state index in [1.807, 2.05) is 36.4 Å². The molecule has 1 atom stereocenters. The first kappa shape index (κ1) is 21.5. The van der Waals surface area contributed by atoms with Gasteiger partial charge in [-0.3, -0.25) is 4.79 Å². The molecular weight excluding hydrogens is 350 g/mol. The van der Waals surface area contributed by atoms with E-state index in [0.29, 0.717) is 23.5 Å².